The van der Waals surface area contributed by atoms with Crippen molar-refractivity contribution in [1.29, 1.82) is 0 Å². The van der Waals surface area contributed by atoms with E-state index in [1.54, 1.807) is 60.0 Å². The second-order valence-corrected chi connectivity index (χ2v) is 9.76. The van der Waals surface area contributed by atoms with Gasteiger partial charge in [-0.15, -0.1) is 0 Å². The second-order valence-electron chi connectivity index (χ2n) is 8.31. The van der Waals surface area contributed by atoms with E-state index in [2.05, 4.69) is 4.99 Å². The predicted octanol–water partition coefficient (Wildman–Crippen LogP) is 4.89. The van der Waals surface area contributed by atoms with Crippen LogP contribution in [0.2, 0.25) is 5.02 Å². The fourth-order valence-electron chi connectivity index (χ4n) is 4.24. The molecule has 0 radical (unpaired) electrons. The third kappa shape index (κ3) is 5.01. The standard InChI is InChI=1S/C29H23ClN2O4S/c1-3-35-23-15-14-21(30)16-20(23)17-24-27(33)32-26(19-10-6-4-7-11-19)25(18(2)31-29(32)37-24)28(34)36-22-12-8-5-9-13-22/h4-17,26H,3H2,1-2H3/b24-17-/t26-/m0/s1. The maximum atomic E-state index is 13.8. The number of halogens is 1. The van der Waals surface area contributed by atoms with Crippen LogP contribution in [-0.4, -0.2) is 17.1 Å². The summed E-state index contributed by atoms with van der Waals surface area (Å²) in [5.41, 5.74) is 2.02. The van der Waals surface area contributed by atoms with Crippen molar-refractivity contribution in [2.24, 2.45) is 4.99 Å². The summed E-state index contributed by atoms with van der Waals surface area (Å²) >= 11 is 7.49. The number of fused-ring (bicyclic) bond motifs is 1. The third-order valence-electron chi connectivity index (χ3n) is 5.87. The molecule has 0 N–H and O–H groups in total. The highest BCUT2D eigenvalue weighted by molar-refractivity contribution is 7.07. The zero-order valence-corrected chi connectivity index (χ0v) is 21.8. The number of para-hydroxylation sites is 1. The van der Waals surface area contributed by atoms with Crippen molar-refractivity contribution in [2.75, 3.05) is 6.61 Å². The van der Waals surface area contributed by atoms with Crippen molar-refractivity contribution in [3.63, 3.8) is 0 Å². The molecular weight excluding hydrogens is 508 g/mol. The normalized spacial score (nSPS) is 15.2. The Balaban J connectivity index is 1.67. The van der Waals surface area contributed by atoms with Crippen LogP contribution in [0.4, 0.5) is 0 Å². The molecule has 1 aliphatic heterocycles. The molecule has 186 valence electrons. The molecule has 1 aliphatic rings. The third-order valence-corrected chi connectivity index (χ3v) is 7.09. The van der Waals surface area contributed by atoms with E-state index >= 15 is 0 Å². The van der Waals surface area contributed by atoms with Crippen LogP contribution in [0, 0.1) is 0 Å². The van der Waals surface area contributed by atoms with Crippen LogP contribution in [0.5, 0.6) is 11.5 Å². The summed E-state index contributed by atoms with van der Waals surface area (Å²) in [7, 11) is 0. The molecule has 0 saturated carbocycles. The Bertz CT molecular complexity index is 1670. The van der Waals surface area contributed by atoms with Crippen LogP contribution in [0.3, 0.4) is 0 Å². The van der Waals surface area contributed by atoms with Gasteiger partial charge < -0.3 is 9.47 Å². The molecule has 3 aromatic carbocycles. The van der Waals surface area contributed by atoms with Gasteiger partial charge in [-0.25, -0.2) is 9.79 Å². The van der Waals surface area contributed by atoms with E-state index in [9.17, 15) is 9.59 Å². The van der Waals surface area contributed by atoms with Crippen molar-refractivity contribution in [2.45, 2.75) is 19.9 Å². The number of esters is 1. The number of aromatic nitrogens is 1. The van der Waals surface area contributed by atoms with E-state index in [0.717, 1.165) is 5.56 Å². The lowest BCUT2D eigenvalue weighted by Crippen LogP contribution is -2.40. The monoisotopic (exact) mass is 530 g/mol. The number of carbonyl (C=O) groups excluding carboxylic acids is 1. The van der Waals surface area contributed by atoms with E-state index in [1.165, 1.54) is 11.3 Å². The Hall–Kier alpha value is -3.94. The molecule has 37 heavy (non-hydrogen) atoms. The highest BCUT2D eigenvalue weighted by atomic mass is 35.5. The molecule has 1 aromatic heterocycles. The lowest BCUT2D eigenvalue weighted by atomic mass is 9.96. The van der Waals surface area contributed by atoms with E-state index in [1.807, 2.05) is 43.3 Å². The quantitative estimate of drug-likeness (QED) is 0.263. The molecule has 5 rings (SSSR count). The molecular formula is C29H23ClN2O4S. The van der Waals surface area contributed by atoms with E-state index in [-0.39, 0.29) is 5.56 Å². The number of allylic oxidation sites excluding steroid dienone is 1. The highest BCUT2D eigenvalue weighted by Gasteiger charge is 2.33. The van der Waals surface area contributed by atoms with Gasteiger partial charge >= 0.3 is 5.97 Å². The smallest absolute Gasteiger partial charge is 0.343 e. The molecule has 0 fully saturated rings. The van der Waals surface area contributed by atoms with E-state index in [0.29, 0.717) is 49.3 Å². The van der Waals surface area contributed by atoms with Gasteiger partial charge in [0.15, 0.2) is 4.80 Å². The molecule has 0 amide bonds. The van der Waals surface area contributed by atoms with Crippen molar-refractivity contribution < 1.29 is 14.3 Å². The van der Waals surface area contributed by atoms with Gasteiger partial charge in [0.2, 0.25) is 0 Å². The summed E-state index contributed by atoms with van der Waals surface area (Å²) in [6, 6.07) is 22.9. The number of benzene rings is 3. The molecule has 1 atom stereocenters. The van der Waals surface area contributed by atoms with Crippen LogP contribution in [0.15, 0.2) is 99.9 Å². The van der Waals surface area contributed by atoms with Gasteiger partial charge in [0, 0.05) is 10.6 Å². The van der Waals surface area contributed by atoms with Gasteiger partial charge in [-0.1, -0.05) is 71.5 Å². The Morgan fingerprint density at radius 3 is 2.49 bits per heavy atom. The fourth-order valence-corrected chi connectivity index (χ4v) is 5.46. The van der Waals surface area contributed by atoms with Crippen LogP contribution < -0.4 is 24.4 Å². The minimum Gasteiger partial charge on any atom is -0.493 e. The van der Waals surface area contributed by atoms with Crippen LogP contribution in [0.1, 0.15) is 31.0 Å². The molecule has 0 spiro atoms. The zero-order chi connectivity index (χ0) is 25.9. The summed E-state index contributed by atoms with van der Waals surface area (Å²) in [5, 5.41) is 0.534. The lowest BCUT2D eigenvalue weighted by molar-refractivity contribution is -0.130. The van der Waals surface area contributed by atoms with Gasteiger partial charge in [-0.2, -0.15) is 0 Å². The van der Waals surface area contributed by atoms with Crippen molar-refractivity contribution in [3.05, 3.63) is 126 Å². The van der Waals surface area contributed by atoms with Gasteiger partial charge in [0.25, 0.3) is 5.56 Å². The van der Waals surface area contributed by atoms with Gasteiger partial charge in [0.1, 0.15) is 11.5 Å². The van der Waals surface area contributed by atoms with Crippen molar-refractivity contribution in [1.82, 2.24) is 4.57 Å². The summed E-state index contributed by atoms with van der Waals surface area (Å²) in [4.78, 5) is 32.4. The number of thiazole rings is 1. The number of nitrogens with zero attached hydrogens (tertiary/aromatic N) is 2. The van der Waals surface area contributed by atoms with Crippen LogP contribution in [0.25, 0.3) is 6.08 Å². The maximum absolute atomic E-state index is 13.8. The number of hydrogen-bond donors (Lipinski definition) is 0. The Labute approximate surface area is 222 Å². The molecule has 6 nitrogen and oxygen atoms in total. The van der Waals surface area contributed by atoms with Crippen molar-refractivity contribution >= 4 is 35.0 Å². The number of rotatable bonds is 6. The van der Waals surface area contributed by atoms with Crippen LogP contribution in [-0.2, 0) is 4.79 Å². The average molecular weight is 531 g/mol. The minimum absolute atomic E-state index is 0.266. The number of ether oxygens (including phenoxy) is 2. The molecule has 2 heterocycles. The molecule has 8 heteroatoms. The summed E-state index contributed by atoms with van der Waals surface area (Å²) < 4.78 is 13.4. The predicted molar refractivity (Wildman–Crippen MR) is 145 cm³/mol. The van der Waals surface area contributed by atoms with Gasteiger partial charge in [-0.05, 0) is 55.8 Å². The molecule has 0 saturated heterocycles. The SMILES string of the molecule is CCOc1ccc(Cl)cc1/C=c1\sc2n(c1=O)[C@@H](c1ccccc1)C(C(=O)Oc1ccccc1)=C(C)N=2. The molecule has 0 unspecified atom stereocenters. The summed E-state index contributed by atoms with van der Waals surface area (Å²) in [5.74, 6) is 0.492. The maximum Gasteiger partial charge on any atom is 0.343 e. The van der Waals surface area contributed by atoms with Gasteiger partial charge in [-0.3, -0.25) is 9.36 Å². The first-order valence-corrected chi connectivity index (χ1v) is 12.9. The first-order chi connectivity index (χ1) is 18.0. The van der Waals surface area contributed by atoms with E-state index < -0.39 is 12.0 Å². The topological polar surface area (TPSA) is 69.9 Å². The Morgan fingerprint density at radius 2 is 1.78 bits per heavy atom. The Morgan fingerprint density at radius 1 is 1.08 bits per heavy atom. The molecule has 0 bridgehead atoms. The summed E-state index contributed by atoms with van der Waals surface area (Å²) in [6.45, 7) is 4.13. The van der Waals surface area contributed by atoms with Gasteiger partial charge in [0.05, 0.1) is 28.5 Å². The number of carbonyl (C=O) groups is 1. The van der Waals surface area contributed by atoms with Crippen LogP contribution >= 0.6 is 22.9 Å². The highest BCUT2D eigenvalue weighted by Crippen LogP contribution is 2.31. The van der Waals surface area contributed by atoms with E-state index in [4.69, 9.17) is 21.1 Å². The summed E-state index contributed by atoms with van der Waals surface area (Å²) in [6.07, 6.45) is 1.75. The largest absolute Gasteiger partial charge is 0.493 e. The fraction of sp³-hybridized carbons (Fsp3) is 0.138. The number of hydrogen-bond acceptors (Lipinski definition) is 6. The average Bonchev–Trinajstić information content (AvgIpc) is 3.20. The second kappa shape index (κ2) is 10.6. The first-order valence-electron chi connectivity index (χ1n) is 11.7. The van der Waals surface area contributed by atoms with Crippen molar-refractivity contribution in [3.8, 4) is 11.5 Å². The minimum atomic E-state index is -0.693. The lowest BCUT2D eigenvalue weighted by Gasteiger charge is -2.24. The Kier molecular flexibility index (Phi) is 7.08. The molecule has 0 aliphatic carbocycles. The molecule has 4 aromatic rings. The first kappa shape index (κ1) is 24.7. The zero-order valence-electron chi connectivity index (χ0n) is 20.2.